The van der Waals surface area contributed by atoms with E-state index in [-0.39, 0.29) is 5.60 Å². The molecule has 26 heavy (non-hydrogen) atoms. The van der Waals surface area contributed by atoms with Gasteiger partial charge in [0, 0.05) is 0 Å². The van der Waals surface area contributed by atoms with Crippen molar-refractivity contribution in [3.8, 4) is 0 Å². The Morgan fingerprint density at radius 2 is 1.77 bits per heavy atom. The Morgan fingerprint density at radius 1 is 0.962 bits per heavy atom. The zero-order chi connectivity index (χ0) is 18.3. The largest absolute Gasteiger partial charge is 0.372 e. The van der Waals surface area contributed by atoms with Crippen LogP contribution in [0, 0.1) is 40.4 Å². The van der Waals surface area contributed by atoms with Crippen molar-refractivity contribution in [2.75, 3.05) is 0 Å². The molecule has 0 radical (unpaired) electrons. The molecule has 5 rings (SSSR count). The summed E-state index contributed by atoms with van der Waals surface area (Å²) in [6.45, 7) is 14.0. The third-order valence-corrected chi connectivity index (χ3v) is 10.0. The standard InChI is InChI=1S/C25H38O/c1-6-16-10-11-19-21-20(12-14-24(16,19)4)25(5)13-8-7-9-18(25)17-15-23(2,3)26-22(17)21/h17-22H,1,7-15H2,2-5H3/t17-,18?,19?,20?,21?,22?,24?,25?/m1/s1. The van der Waals surface area contributed by atoms with Gasteiger partial charge in [0.1, 0.15) is 0 Å². The van der Waals surface area contributed by atoms with Crippen molar-refractivity contribution >= 4 is 0 Å². The second kappa shape index (κ2) is 5.51. The van der Waals surface area contributed by atoms with Crippen molar-refractivity contribution in [3.05, 3.63) is 17.9 Å². The van der Waals surface area contributed by atoms with Gasteiger partial charge in [-0.2, -0.15) is 0 Å². The monoisotopic (exact) mass is 354 g/mol. The van der Waals surface area contributed by atoms with Gasteiger partial charge in [0.15, 0.2) is 0 Å². The zero-order valence-corrected chi connectivity index (χ0v) is 17.4. The van der Waals surface area contributed by atoms with E-state index in [1.54, 1.807) is 0 Å². The van der Waals surface area contributed by atoms with Crippen molar-refractivity contribution in [2.45, 2.75) is 97.2 Å². The van der Waals surface area contributed by atoms with E-state index in [1.165, 1.54) is 63.4 Å². The predicted molar refractivity (Wildman–Crippen MR) is 107 cm³/mol. The van der Waals surface area contributed by atoms with Gasteiger partial charge in [-0.3, -0.25) is 0 Å². The molecule has 8 atom stereocenters. The van der Waals surface area contributed by atoms with Crippen LogP contribution in [0.15, 0.2) is 17.9 Å². The smallest absolute Gasteiger partial charge is 0.0648 e. The van der Waals surface area contributed by atoms with E-state index in [4.69, 9.17) is 4.74 Å². The lowest BCUT2D eigenvalue weighted by Crippen LogP contribution is -2.60. The van der Waals surface area contributed by atoms with E-state index in [2.05, 4.69) is 40.0 Å². The Kier molecular flexibility index (Phi) is 3.73. The average molecular weight is 355 g/mol. The highest BCUT2D eigenvalue weighted by atomic mass is 16.5. The van der Waals surface area contributed by atoms with Gasteiger partial charge in [0.25, 0.3) is 0 Å². The summed E-state index contributed by atoms with van der Waals surface area (Å²) in [6, 6.07) is 0. The molecule has 1 heteroatoms. The predicted octanol–water partition coefficient (Wildman–Crippen LogP) is 6.53. The normalized spacial score (nSPS) is 54.7. The molecule has 1 nitrogen and oxygen atoms in total. The lowest BCUT2D eigenvalue weighted by atomic mass is 9.42. The molecule has 7 unspecified atom stereocenters. The van der Waals surface area contributed by atoms with Crippen LogP contribution in [0.25, 0.3) is 0 Å². The average Bonchev–Trinajstić information content (AvgIpc) is 3.09. The van der Waals surface area contributed by atoms with Gasteiger partial charge in [0.05, 0.1) is 11.7 Å². The summed E-state index contributed by atoms with van der Waals surface area (Å²) in [5.74, 6) is 4.16. The highest BCUT2D eigenvalue weighted by Gasteiger charge is 2.66. The molecule has 0 N–H and O–H groups in total. The highest BCUT2D eigenvalue weighted by molar-refractivity contribution is 5.25. The fraction of sp³-hybridized carbons (Fsp3) is 0.880. The van der Waals surface area contributed by atoms with Crippen LogP contribution < -0.4 is 0 Å². The zero-order valence-electron chi connectivity index (χ0n) is 17.4. The van der Waals surface area contributed by atoms with E-state index < -0.39 is 0 Å². The van der Waals surface area contributed by atoms with Crippen molar-refractivity contribution in [1.29, 1.82) is 0 Å². The molecule has 0 aromatic carbocycles. The highest BCUT2D eigenvalue weighted by Crippen LogP contribution is 2.70. The molecule has 4 saturated carbocycles. The summed E-state index contributed by atoms with van der Waals surface area (Å²) in [5.41, 5.74) is 5.89. The van der Waals surface area contributed by atoms with Crippen LogP contribution in [0.3, 0.4) is 0 Å². The first-order valence-corrected chi connectivity index (χ1v) is 11.4. The second-order valence-electron chi connectivity index (χ2n) is 11.5. The molecule has 0 aromatic heterocycles. The van der Waals surface area contributed by atoms with Gasteiger partial charge < -0.3 is 4.74 Å². The molecule has 1 saturated heterocycles. The Labute approximate surface area is 160 Å². The Hall–Kier alpha value is -0.520. The number of rotatable bonds is 0. The number of hydrogen-bond acceptors (Lipinski definition) is 1. The minimum atomic E-state index is 0.0755. The van der Waals surface area contributed by atoms with Crippen molar-refractivity contribution in [2.24, 2.45) is 40.4 Å². The molecule has 0 spiro atoms. The van der Waals surface area contributed by atoms with Crippen LogP contribution >= 0.6 is 0 Å². The molecule has 1 heterocycles. The molecular formula is C25H38O. The van der Waals surface area contributed by atoms with Crippen LogP contribution in [-0.4, -0.2) is 11.7 Å². The minimum absolute atomic E-state index is 0.0755. The summed E-state index contributed by atoms with van der Waals surface area (Å²) in [7, 11) is 0. The lowest BCUT2D eigenvalue weighted by Gasteiger charge is -2.63. The maximum Gasteiger partial charge on any atom is 0.0648 e. The first kappa shape index (κ1) is 17.6. The van der Waals surface area contributed by atoms with E-state index in [9.17, 15) is 0 Å². The molecule has 4 aliphatic carbocycles. The topological polar surface area (TPSA) is 9.23 Å². The Morgan fingerprint density at radius 3 is 2.54 bits per heavy atom. The molecule has 0 aromatic rings. The Balaban J connectivity index is 1.61. The van der Waals surface area contributed by atoms with E-state index >= 15 is 0 Å². The van der Waals surface area contributed by atoms with Crippen LogP contribution in [0.4, 0.5) is 0 Å². The van der Waals surface area contributed by atoms with Gasteiger partial charge >= 0.3 is 0 Å². The quantitative estimate of drug-likeness (QED) is 0.449. The van der Waals surface area contributed by atoms with Crippen molar-refractivity contribution < 1.29 is 4.74 Å². The fourth-order valence-electron chi connectivity index (χ4n) is 9.00. The van der Waals surface area contributed by atoms with Crippen molar-refractivity contribution in [3.63, 3.8) is 0 Å². The maximum atomic E-state index is 6.89. The number of fused-ring (bicyclic) bond motifs is 8. The molecular weight excluding hydrogens is 316 g/mol. The Bertz CT molecular complexity index is 655. The van der Waals surface area contributed by atoms with E-state index in [1.807, 2.05) is 0 Å². The van der Waals surface area contributed by atoms with Gasteiger partial charge in [-0.25, -0.2) is 0 Å². The van der Waals surface area contributed by atoms with Crippen LogP contribution in [0.2, 0.25) is 0 Å². The maximum absolute atomic E-state index is 6.89. The van der Waals surface area contributed by atoms with Gasteiger partial charge in [0.2, 0.25) is 0 Å². The summed E-state index contributed by atoms with van der Waals surface area (Å²) in [4.78, 5) is 0. The number of hydrogen-bond donors (Lipinski definition) is 0. The summed E-state index contributed by atoms with van der Waals surface area (Å²) >= 11 is 0. The molecule has 0 amide bonds. The third-order valence-electron chi connectivity index (χ3n) is 10.0. The molecule has 5 aliphatic rings. The van der Waals surface area contributed by atoms with Crippen molar-refractivity contribution in [1.82, 2.24) is 0 Å². The number of ether oxygens (including phenoxy) is 1. The van der Waals surface area contributed by atoms with Crippen LogP contribution in [0.5, 0.6) is 0 Å². The summed E-state index contributed by atoms with van der Waals surface area (Å²) in [5, 5.41) is 0. The SMILES string of the molecule is C=C=C1CCC2C3C4OC(C)(C)C[C@@H]4C4CCCCC4(C)C3CCC12C. The van der Waals surface area contributed by atoms with Gasteiger partial charge in [-0.05, 0) is 105 Å². The lowest BCUT2D eigenvalue weighted by molar-refractivity contribution is -0.185. The van der Waals surface area contributed by atoms with Gasteiger partial charge in [-0.1, -0.05) is 33.3 Å². The first-order chi connectivity index (χ1) is 12.3. The van der Waals surface area contributed by atoms with E-state index in [0.717, 1.165) is 29.6 Å². The summed E-state index contributed by atoms with van der Waals surface area (Å²) < 4.78 is 6.89. The third kappa shape index (κ3) is 2.14. The second-order valence-corrected chi connectivity index (χ2v) is 11.5. The molecule has 1 aliphatic heterocycles. The van der Waals surface area contributed by atoms with E-state index in [0.29, 0.717) is 16.9 Å². The van der Waals surface area contributed by atoms with Crippen LogP contribution in [0.1, 0.15) is 85.5 Å². The van der Waals surface area contributed by atoms with Crippen LogP contribution in [-0.2, 0) is 4.74 Å². The fourth-order valence-corrected chi connectivity index (χ4v) is 9.00. The summed E-state index contributed by atoms with van der Waals surface area (Å²) in [6.07, 6.45) is 13.0. The molecule has 0 bridgehead atoms. The molecule has 5 fully saturated rings. The first-order valence-electron chi connectivity index (χ1n) is 11.4. The minimum Gasteiger partial charge on any atom is -0.372 e. The van der Waals surface area contributed by atoms with Gasteiger partial charge in [-0.15, -0.1) is 5.73 Å². The number of allylic oxidation sites excluding steroid dienone is 1. The molecule has 144 valence electrons.